The molecule has 1 amide bonds. The van der Waals surface area contributed by atoms with E-state index >= 15 is 0 Å². The van der Waals surface area contributed by atoms with Gasteiger partial charge in [-0.25, -0.2) is 0 Å². The van der Waals surface area contributed by atoms with Crippen LogP contribution >= 0.6 is 0 Å². The lowest BCUT2D eigenvalue weighted by Crippen LogP contribution is -2.53. The molecule has 0 radical (unpaired) electrons. The van der Waals surface area contributed by atoms with Crippen molar-refractivity contribution >= 4 is 5.91 Å². The van der Waals surface area contributed by atoms with Crippen LogP contribution in [0.1, 0.15) is 32.1 Å². The van der Waals surface area contributed by atoms with Crippen LogP contribution in [-0.2, 0) is 9.53 Å². The minimum absolute atomic E-state index is 0.209. The molecule has 0 aromatic carbocycles. The van der Waals surface area contributed by atoms with Gasteiger partial charge in [-0.2, -0.15) is 0 Å². The number of likely N-dealkylation sites (tertiary alicyclic amines) is 1. The van der Waals surface area contributed by atoms with Crippen molar-refractivity contribution in [3.05, 3.63) is 0 Å². The van der Waals surface area contributed by atoms with Crippen LogP contribution < -0.4 is 11.1 Å². The molecule has 1 saturated carbocycles. The lowest BCUT2D eigenvalue weighted by atomic mass is 9.96. The number of hydrogen-bond donors (Lipinski definition) is 2. The van der Waals surface area contributed by atoms with Crippen LogP contribution in [0.3, 0.4) is 0 Å². The molecule has 5 nitrogen and oxygen atoms in total. The average molecular weight is 255 g/mol. The lowest BCUT2D eigenvalue weighted by Gasteiger charge is -2.36. The van der Waals surface area contributed by atoms with Crippen molar-refractivity contribution in [1.29, 1.82) is 0 Å². The molecule has 2 fully saturated rings. The van der Waals surface area contributed by atoms with E-state index < -0.39 is 5.54 Å². The number of amides is 1. The number of methoxy groups -OCH3 is 1. The van der Waals surface area contributed by atoms with Gasteiger partial charge in [0, 0.05) is 26.2 Å². The van der Waals surface area contributed by atoms with E-state index in [1.807, 2.05) is 7.05 Å². The number of hydrogen-bond acceptors (Lipinski definition) is 4. The summed E-state index contributed by atoms with van der Waals surface area (Å²) in [7, 11) is 3.62. The molecule has 18 heavy (non-hydrogen) atoms. The van der Waals surface area contributed by atoms with Gasteiger partial charge < -0.3 is 20.7 Å². The van der Waals surface area contributed by atoms with Crippen LogP contribution in [0.25, 0.3) is 0 Å². The number of rotatable bonds is 4. The Morgan fingerprint density at radius 1 is 1.39 bits per heavy atom. The average Bonchev–Trinajstić information content (AvgIpc) is 2.84. The van der Waals surface area contributed by atoms with Crippen molar-refractivity contribution in [1.82, 2.24) is 10.2 Å². The Kier molecular flexibility index (Phi) is 4.25. The maximum absolute atomic E-state index is 11.6. The molecule has 0 aromatic rings. The smallest absolute Gasteiger partial charge is 0.237 e. The monoisotopic (exact) mass is 255 g/mol. The van der Waals surface area contributed by atoms with Gasteiger partial charge in [0.15, 0.2) is 0 Å². The second kappa shape index (κ2) is 5.55. The number of nitrogens with one attached hydrogen (secondary N) is 1. The van der Waals surface area contributed by atoms with Crippen molar-refractivity contribution in [2.24, 2.45) is 5.73 Å². The van der Waals surface area contributed by atoms with E-state index in [1.54, 1.807) is 7.11 Å². The molecule has 2 atom stereocenters. The van der Waals surface area contributed by atoms with Gasteiger partial charge in [0.1, 0.15) is 0 Å². The van der Waals surface area contributed by atoms with Gasteiger partial charge in [-0.15, -0.1) is 0 Å². The zero-order valence-corrected chi connectivity index (χ0v) is 11.4. The predicted octanol–water partition coefficient (Wildman–Crippen LogP) is 0.0932. The van der Waals surface area contributed by atoms with Gasteiger partial charge in [0.05, 0.1) is 11.6 Å². The Morgan fingerprint density at radius 2 is 2.06 bits per heavy atom. The zero-order valence-electron chi connectivity index (χ0n) is 11.4. The minimum atomic E-state index is -0.483. The minimum Gasteiger partial charge on any atom is -0.381 e. The molecule has 2 aliphatic rings. The number of nitrogens with two attached hydrogens (primary N) is 1. The molecule has 2 unspecified atom stereocenters. The van der Waals surface area contributed by atoms with E-state index in [-0.39, 0.29) is 5.91 Å². The van der Waals surface area contributed by atoms with E-state index in [0.717, 1.165) is 45.2 Å². The van der Waals surface area contributed by atoms with Gasteiger partial charge in [-0.3, -0.25) is 4.79 Å². The second-order valence-corrected chi connectivity index (χ2v) is 5.56. The molecule has 1 heterocycles. The van der Waals surface area contributed by atoms with Gasteiger partial charge in [-0.05, 0) is 39.2 Å². The van der Waals surface area contributed by atoms with E-state index in [9.17, 15) is 4.79 Å². The summed E-state index contributed by atoms with van der Waals surface area (Å²) in [6.07, 6.45) is 5.35. The first-order chi connectivity index (χ1) is 8.61. The second-order valence-electron chi connectivity index (χ2n) is 5.56. The number of ether oxygens (including phenoxy) is 1. The molecule has 5 heteroatoms. The summed E-state index contributed by atoms with van der Waals surface area (Å²) in [4.78, 5) is 14.1. The number of nitrogens with zero attached hydrogens (tertiary/aromatic N) is 1. The summed E-state index contributed by atoms with van der Waals surface area (Å²) >= 11 is 0. The number of likely N-dealkylation sites (N-methyl/N-ethyl adjacent to an activating group) is 1. The first-order valence-corrected chi connectivity index (χ1v) is 6.87. The first-order valence-electron chi connectivity index (χ1n) is 6.87. The molecular formula is C13H25N3O2. The van der Waals surface area contributed by atoms with Crippen LogP contribution in [0.15, 0.2) is 0 Å². The lowest BCUT2D eigenvalue weighted by molar-refractivity contribution is -0.124. The summed E-state index contributed by atoms with van der Waals surface area (Å²) in [5.74, 6) is -0.209. The molecule has 2 rings (SSSR count). The fraction of sp³-hybridized carbons (Fsp3) is 0.923. The molecule has 0 aromatic heterocycles. The summed E-state index contributed by atoms with van der Waals surface area (Å²) < 4.78 is 5.39. The molecule has 1 aliphatic heterocycles. The van der Waals surface area contributed by atoms with Gasteiger partial charge >= 0.3 is 0 Å². The molecule has 104 valence electrons. The largest absolute Gasteiger partial charge is 0.381 e. The number of carbonyl (C=O) groups is 1. The fourth-order valence-electron chi connectivity index (χ4n) is 3.38. The van der Waals surface area contributed by atoms with E-state index in [4.69, 9.17) is 10.5 Å². The third-order valence-corrected chi connectivity index (χ3v) is 4.76. The predicted molar refractivity (Wildman–Crippen MR) is 70.2 cm³/mol. The standard InChI is InChI=1S/C13H25N3O2/c1-15-13(12(14)17)6-3-10(9-13)16-7-4-11(18-2)5-8-16/h10-11,15H,3-9H2,1-2H3,(H2,14,17). The maximum Gasteiger partial charge on any atom is 0.237 e. The molecule has 1 saturated heterocycles. The summed E-state index contributed by atoms with van der Waals surface area (Å²) in [6.45, 7) is 2.14. The van der Waals surface area contributed by atoms with Crippen LogP contribution in [0, 0.1) is 0 Å². The highest BCUT2D eigenvalue weighted by molar-refractivity contribution is 5.85. The summed E-state index contributed by atoms with van der Waals surface area (Å²) in [5.41, 5.74) is 5.06. The van der Waals surface area contributed by atoms with Crippen LogP contribution in [-0.4, -0.2) is 55.7 Å². The highest BCUT2D eigenvalue weighted by Gasteiger charge is 2.44. The zero-order chi connectivity index (χ0) is 13.2. The van der Waals surface area contributed by atoms with Crippen molar-refractivity contribution in [3.8, 4) is 0 Å². The molecule has 3 N–H and O–H groups in total. The normalized spacial score (nSPS) is 34.9. The Morgan fingerprint density at radius 3 is 2.50 bits per heavy atom. The van der Waals surface area contributed by atoms with E-state index in [1.165, 1.54) is 0 Å². The Labute approximate surface area is 109 Å². The van der Waals surface area contributed by atoms with Crippen molar-refractivity contribution < 1.29 is 9.53 Å². The quantitative estimate of drug-likeness (QED) is 0.747. The molecule has 1 aliphatic carbocycles. The fourth-order valence-corrected chi connectivity index (χ4v) is 3.38. The highest BCUT2D eigenvalue weighted by Crippen LogP contribution is 2.34. The van der Waals surface area contributed by atoms with E-state index in [0.29, 0.717) is 12.1 Å². The van der Waals surface area contributed by atoms with Crippen LogP contribution in [0.2, 0.25) is 0 Å². The van der Waals surface area contributed by atoms with Crippen molar-refractivity contribution in [2.45, 2.75) is 49.8 Å². The highest BCUT2D eigenvalue weighted by atomic mass is 16.5. The third kappa shape index (κ3) is 2.53. The Bertz CT molecular complexity index is 303. The van der Waals surface area contributed by atoms with Gasteiger partial charge in [0.25, 0.3) is 0 Å². The first kappa shape index (κ1) is 13.8. The number of carbonyl (C=O) groups excluding carboxylic acids is 1. The van der Waals surface area contributed by atoms with E-state index in [2.05, 4.69) is 10.2 Å². The summed E-state index contributed by atoms with van der Waals surface area (Å²) in [5, 5.41) is 3.14. The topological polar surface area (TPSA) is 67.6 Å². The van der Waals surface area contributed by atoms with Crippen LogP contribution in [0.4, 0.5) is 0 Å². The molecule has 0 spiro atoms. The number of piperidine rings is 1. The molecule has 0 bridgehead atoms. The SMILES string of the molecule is CNC1(C(N)=O)CCC(N2CCC(OC)CC2)C1. The third-order valence-electron chi connectivity index (χ3n) is 4.76. The van der Waals surface area contributed by atoms with Gasteiger partial charge in [-0.1, -0.05) is 0 Å². The van der Waals surface area contributed by atoms with Crippen molar-refractivity contribution in [3.63, 3.8) is 0 Å². The Hall–Kier alpha value is -0.650. The summed E-state index contributed by atoms with van der Waals surface area (Å²) in [6, 6.07) is 0.489. The Balaban J connectivity index is 1.91. The maximum atomic E-state index is 11.6. The van der Waals surface area contributed by atoms with Crippen molar-refractivity contribution in [2.75, 3.05) is 27.2 Å². The van der Waals surface area contributed by atoms with Crippen LogP contribution in [0.5, 0.6) is 0 Å². The number of primary amides is 1. The molecular weight excluding hydrogens is 230 g/mol. The van der Waals surface area contributed by atoms with Gasteiger partial charge in [0.2, 0.25) is 5.91 Å².